The van der Waals surface area contributed by atoms with Crippen LogP contribution in [0.15, 0.2) is 24.3 Å². The van der Waals surface area contributed by atoms with E-state index in [0.717, 1.165) is 12.8 Å². The van der Waals surface area contributed by atoms with Gasteiger partial charge in [0.15, 0.2) is 0 Å². The minimum absolute atomic E-state index is 0.234. The summed E-state index contributed by atoms with van der Waals surface area (Å²) in [6.45, 7) is 4.19. The molecule has 0 amide bonds. The van der Waals surface area contributed by atoms with Crippen molar-refractivity contribution in [2.75, 3.05) is 0 Å². The molecule has 66 valence electrons. The SMILES string of the molecule is CCc1ccc(CC(C)Cl)cc1. The summed E-state index contributed by atoms with van der Waals surface area (Å²) in [5, 5.41) is 0.234. The number of halogens is 1. The highest BCUT2D eigenvalue weighted by molar-refractivity contribution is 6.20. The Labute approximate surface area is 79.6 Å². The molecule has 0 aromatic heterocycles. The van der Waals surface area contributed by atoms with Gasteiger partial charge < -0.3 is 0 Å². The molecule has 0 saturated carbocycles. The second-order valence-corrected chi connectivity index (χ2v) is 3.90. The summed E-state index contributed by atoms with van der Waals surface area (Å²) in [6.07, 6.45) is 2.07. The van der Waals surface area contributed by atoms with Gasteiger partial charge in [0.25, 0.3) is 0 Å². The maximum absolute atomic E-state index is 5.89. The van der Waals surface area contributed by atoms with E-state index in [2.05, 4.69) is 31.2 Å². The van der Waals surface area contributed by atoms with Crippen LogP contribution in [0.1, 0.15) is 25.0 Å². The molecule has 0 saturated heterocycles. The van der Waals surface area contributed by atoms with E-state index in [4.69, 9.17) is 11.6 Å². The summed E-state index contributed by atoms with van der Waals surface area (Å²) in [5.41, 5.74) is 2.72. The summed E-state index contributed by atoms with van der Waals surface area (Å²) < 4.78 is 0. The van der Waals surface area contributed by atoms with Crippen molar-refractivity contribution in [3.05, 3.63) is 35.4 Å². The molecule has 0 aliphatic rings. The first-order valence-electron chi connectivity index (χ1n) is 4.44. The molecule has 1 aromatic carbocycles. The van der Waals surface area contributed by atoms with Crippen molar-refractivity contribution in [1.29, 1.82) is 0 Å². The third-order valence-electron chi connectivity index (χ3n) is 1.95. The lowest BCUT2D eigenvalue weighted by Gasteiger charge is -2.03. The molecule has 1 atom stereocenters. The van der Waals surface area contributed by atoms with Crippen LogP contribution in [0.5, 0.6) is 0 Å². The summed E-state index contributed by atoms with van der Waals surface area (Å²) >= 11 is 5.89. The van der Waals surface area contributed by atoms with Crippen LogP contribution in [0.3, 0.4) is 0 Å². The zero-order chi connectivity index (χ0) is 8.97. The van der Waals surface area contributed by atoms with Crippen LogP contribution in [-0.4, -0.2) is 5.38 Å². The Morgan fingerprint density at radius 2 is 1.67 bits per heavy atom. The number of hydrogen-bond acceptors (Lipinski definition) is 0. The van der Waals surface area contributed by atoms with Crippen molar-refractivity contribution in [2.45, 2.75) is 32.1 Å². The smallest absolute Gasteiger partial charge is 0.0348 e. The van der Waals surface area contributed by atoms with Gasteiger partial charge in [-0.2, -0.15) is 0 Å². The Morgan fingerprint density at radius 1 is 1.17 bits per heavy atom. The van der Waals surface area contributed by atoms with Gasteiger partial charge in [-0.25, -0.2) is 0 Å². The summed E-state index contributed by atoms with van der Waals surface area (Å²) in [7, 11) is 0. The minimum atomic E-state index is 0.234. The average molecular weight is 183 g/mol. The van der Waals surface area contributed by atoms with Gasteiger partial charge in [-0.3, -0.25) is 0 Å². The van der Waals surface area contributed by atoms with Gasteiger partial charge in [-0.1, -0.05) is 31.2 Å². The molecule has 1 unspecified atom stereocenters. The average Bonchev–Trinajstić information content (AvgIpc) is 2.05. The Bertz CT molecular complexity index is 223. The highest BCUT2D eigenvalue weighted by Crippen LogP contribution is 2.09. The molecule has 0 aliphatic carbocycles. The minimum Gasteiger partial charge on any atom is -0.123 e. The van der Waals surface area contributed by atoms with E-state index >= 15 is 0 Å². The first-order chi connectivity index (χ1) is 5.72. The molecule has 1 aromatic rings. The van der Waals surface area contributed by atoms with Crippen LogP contribution < -0.4 is 0 Å². The molecule has 12 heavy (non-hydrogen) atoms. The Morgan fingerprint density at radius 3 is 2.08 bits per heavy atom. The highest BCUT2D eigenvalue weighted by atomic mass is 35.5. The van der Waals surface area contributed by atoms with Gasteiger partial charge in [-0.05, 0) is 30.9 Å². The molecule has 0 heterocycles. The van der Waals surface area contributed by atoms with Crippen molar-refractivity contribution in [2.24, 2.45) is 0 Å². The molecule has 0 fully saturated rings. The van der Waals surface area contributed by atoms with Crippen molar-refractivity contribution in [3.8, 4) is 0 Å². The maximum Gasteiger partial charge on any atom is 0.0348 e. The first-order valence-corrected chi connectivity index (χ1v) is 4.88. The lowest BCUT2D eigenvalue weighted by atomic mass is 10.1. The monoisotopic (exact) mass is 182 g/mol. The van der Waals surface area contributed by atoms with Crippen LogP contribution in [0.25, 0.3) is 0 Å². The number of benzene rings is 1. The predicted octanol–water partition coefficient (Wildman–Crippen LogP) is 3.42. The quantitative estimate of drug-likeness (QED) is 0.629. The molecule has 0 N–H and O–H groups in total. The molecule has 0 nitrogen and oxygen atoms in total. The summed E-state index contributed by atoms with van der Waals surface area (Å²) in [4.78, 5) is 0. The standard InChI is InChI=1S/C11H15Cl/c1-3-10-4-6-11(7-5-10)8-9(2)12/h4-7,9H,3,8H2,1-2H3. The summed E-state index contributed by atoms with van der Waals surface area (Å²) in [5.74, 6) is 0. The molecule has 1 rings (SSSR count). The fourth-order valence-corrected chi connectivity index (χ4v) is 1.41. The van der Waals surface area contributed by atoms with Crippen LogP contribution >= 0.6 is 11.6 Å². The molecule has 0 bridgehead atoms. The van der Waals surface area contributed by atoms with Crippen molar-refractivity contribution in [1.82, 2.24) is 0 Å². The Kier molecular flexibility index (Phi) is 3.61. The van der Waals surface area contributed by atoms with E-state index in [1.54, 1.807) is 0 Å². The molecule has 0 aliphatic heterocycles. The van der Waals surface area contributed by atoms with E-state index < -0.39 is 0 Å². The lowest BCUT2D eigenvalue weighted by Crippen LogP contribution is -1.96. The van der Waals surface area contributed by atoms with Gasteiger partial charge in [0.1, 0.15) is 0 Å². The number of aryl methyl sites for hydroxylation is 1. The number of hydrogen-bond donors (Lipinski definition) is 0. The van der Waals surface area contributed by atoms with E-state index in [0.29, 0.717) is 0 Å². The maximum atomic E-state index is 5.89. The van der Waals surface area contributed by atoms with Gasteiger partial charge in [-0.15, -0.1) is 11.6 Å². The van der Waals surface area contributed by atoms with Crippen LogP contribution in [0.4, 0.5) is 0 Å². The second-order valence-electron chi connectivity index (χ2n) is 3.15. The highest BCUT2D eigenvalue weighted by Gasteiger charge is 1.98. The molecule has 0 radical (unpaired) electrons. The normalized spacial score (nSPS) is 12.9. The van der Waals surface area contributed by atoms with Crippen molar-refractivity contribution in [3.63, 3.8) is 0 Å². The van der Waals surface area contributed by atoms with Gasteiger partial charge >= 0.3 is 0 Å². The van der Waals surface area contributed by atoms with Gasteiger partial charge in [0.2, 0.25) is 0 Å². The molecule has 1 heteroatoms. The molecular formula is C11H15Cl. The largest absolute Gasteiger partial charge is 0.123 e. The van der Waals surface area contributed by atoms with E-state index in [1.807, 2.05) is 6.92 Å². The van der Waals surface area contributed by atoms with E-state index in [-0.39, 0.29) is 5.38 Å². The fraction of sp³-hybridized carbons (Fsp3) is 0.455. The topological polar surface area (TPSA) is 0 Å². The van der Waals surface area contributed by atoms with Crippen LogP contribution in [0, 0.1) is 0 Å². The Balaban J connectivity index is 2.65. The van der Waals surface area contributed by atoms with Crippen LogP contribution in [-0.2, 0) is 12.8 Å². The molecule has 0 spiro atoms. The number of alkyl halides is 1. The summed E-state index contributed by atoms with van der Waals surface area (Å²) in [6, 6.07) is 8.68. The predicted molar refractivity (Wildman–Crippen MR) is 54.8 cm³/mol. The lowest BCUT2D eigenvalue weighted by molar-refractivity contribution is 0.929. The molecular weight excluding hydrogens is 168 g/mol. The fourth-order valence-electron chi connectivity index (χ4n) is 1.24. The van der Waals surface area contributed by atoms with Crippen LogP contribution in [0.2, 0.25) is 0 Å². The third-order valence-corrected chi connectivity index (χ3v) is 2.10. The number of rotatable bonds is 3. The second kappa shape index (κ2) is 4.51. The van der Waals surface area contributed by atoms with Crippen molar-refractivity contribution < 1.29 is 0 Å². The zero-order valence-electron chi connectivity index (χ0n) is 7.68. The van der Waals surface area contributed by atoms with Crippen molar-refractivity contribution >= 4 is 11.6 Å². The Hall–Kier alpha value is -0.490. The first kappa shape index (κ1) is 9.60. The van der Waals surface area contributed by atoms with Gasteiger partial charge in [0.05, 0.1) is 0 Å². The zero-order valence-corrected chi connectivity index (χ0v) is 8.43. The third kappa shape index (κ3) is 2.86. The van der Waals surface area contributed by atoms with E-state index in [9.17, 15) is 0 Å². The van der Waals surface area contributed by atoms with E-state index in [1.165, 1.54) is 11.1 Å². The van der Waals surface area contributed by atoms with Gasteiger partial charge in [0, 0.05) is 5.38 Å².